The largest absolute Gasteiger partial charge is 0.359 e. The average molecular weight is 405 g/mol. The minimum atomic E-state index is -0.102. The second-order valence-electron chi connectivity index (χ2n) is 7.57. The normalized spacial score (nSPS) is 15.2. The van der Waals surface area contributed by atoms with Crippen LogP contribution in [0.2, 0.25) is 0 Å². The van der Waals surface area contributed by atoms with E-state index >= 15 is 0 Å². The van der Waals surface area contributed by atoms with Gasteiger partial charge in [0.25, 0.3) is 0 Å². The average Bonchev–Trinajstić information content (AvgIpc) is 3.38. The summed E-state index contributed by atoms with van der Waals surface area (Å²) in [6.45, 7) is 6.99. The third kappa shape index (κ3) is 3.54. The predicted molar refractivity (Wildman–Crippen MR) is 118 cm³/mol. The number of hydrogen-bond acceptors (Lipinski definition) is 4. The fourth-order valence-electron chi connectivity index (χ4n) is 4.08. The molecule has 5 nitrogen and oxygen atoms in total. The second-order valence-corrected chi connectivity index (χ2v) is 8.60. The first-order valence-electron chi connectivity index (χ1n) is 9.76. The summed E-state index contributed by atoms with van der Waals surface area (Å²) in [4.78, 5) is 16.3. The number of carbonyl (C=O) groups is 1. The Balaban J connectivity index is 1.60. The molecular weight excluding hydrogens is 380 g/mol. The van der Waals surface area contributed by atoms with Gasteiger partial charge in [-0.05, 0) is 55.8 Å². The zero-order valence-corrected chi connectivity index (χ0v) is 17.7. The van der Waals surface area contributed by atoms with E-state index in [0.717, 1.165) is 23.4 Å². The van der Waals surface area contributed by atoms with Gasteiger partial charge in [-0.25, -0.2) is 0 Å². The molecule has 0 saturated carbocycles. The van der Waals surface area contributed by atoms with E-state index in [1.165, 1.54) is 10.4 Å². The maximum absolute atomic E-state index is 13.0. The Morgan fingerprint density at radius 1 is 1.28 bits per heavy atom. The lowest BCUT2D eigenvalue weighted by Gasteiger charge is -2.24. The standard InChI is InChI=1S/C23H24N4OS/c1-15-11-18-7-4-5-9-21(18)26(15)14-22(28)25-23-20(12-24)16(2)17(3)27(23)13-19-8-6-10-29-19/h4-10,15H,11,13-14H2,1-3H3,(H,25,28)/t15-/m0/s1. The maximum Gasteiger partial charge on any atom is 0.245 e. The molecule has 6 heteroatoms. The van der Waals surface area contributed by atoms with Crippen LogP contribution in [0.15, 0.2) is 41.8 Å². The summed E-state index contributed by atoms with van der Waals surface area (Å²) in [5.74, 6) is 0.496. The van der Waals surface area contributed by atoms with Crippen molar-refractivity contribution in [1.29, 1.82) is 5.26 Å². The highest BCUT2D eigenvalue weighted by molar-refractivity contribution is 7.09. The molecule has 2 aromatic heterocycles. The molecule has 0 bridgehead atoms. The van der Waals surface area contributed by atoms with Crippen molar-refractivity contribution in [1.82, 2.24) is 4.57 Å². The highest BCUT2D eigenvalue weighted by atomic mass is 32.1. The summed E-state index contributed by atoms with van der Waals surface area (Å²) < 4.78 is 2.04. The van der Waals surface area contributed by atoms with E-state index in [9.17, 15) is 10.1 Å². The molecule has 3 aromatic rings. The number of anilines is 2. The van der Waals surface area contributed by atoms with Crippen LogP contribution >= 0.6 is 11.3 Å². The molecule has 1 amide bonds. The number of nitrogens with one attached hydrogen (secondary N) is 1. The molecule has 0 saturated heterocycles. The van der Waals surface area contributed by atoms with Crippen molar-refractivity contribution >= 4 is 28.7 Å². The monoisotopic (exact) mass is 404 g/mol. The van der Waals surface area contributed by atoms with Crippen molar-refractivity contribution in [2.24, 2.45) is 0 Å². The SMILES string of the molecule is Cc1c(C#N)c(NC(=O)CN2c3ccccc3C[C@@H]2C)n(Cc2cccs2)c1C. The molecule has 1 aliphatic rings. The summed E-state index contributed by atoms with van der Waals surface area (Å²) in [6, 6.07) is 14.9. The van der Waals surface area contributed by atoms with Gasteiger partial charge in [-0.3, -0.25) is 4.79 Å². The molecule has 1 aromatic carbocycles. The fraction of sp³-hybridized carbons (Fsp3) is 0.304. The number of nitriles is 1. The Morgan fingerprint density at radius 3 is 2.79 bits per heavy atom. The molecule has 0 spiro atoms. The number of hydrogen-bond donors (Lipinski definition) is 1. The smallest absolute Gasteiger partial charge is 0.245 e. The lowest BCUT2D eigenvalue weighted by molar-refractivity contribution is -0.115. The molecule has 0 fully saturated rings. The van der Waals surface area contributed by atoms with E-state index in [2.05, 4.69) is 41.4 Å². The molecular formula is C23H24N4OS. The Bertz CT molecular complexity index is 1090. The topological polar surface area (TPSA) is 61.1 Å². The number of nitrogens with zero attached hydrogens (tertiary/aromatic N) is 3. The van der Waals surface area contributed by atoms with Crippen LogP contribution in [0, 0.1) is 25.2 Å². The Labute approximate surface area is 175 Å². The number of rotatable bonds is 5. The molecule has 4 rings (SSSR count). The van der Waals surface area contributed by atoms with Crippen LogP contribution in [0.4, 0.5) is 11.5 Å². The summed E-state index contributed by atoms with van der Waals surface area (Å²) in [7, 11) is 0. The van der Waals surface area contributed by atoms with Gasteiger partial charge in [-0.2, -0.15) is 5.26 Å². The van der Waals surface area contributed by atoms with E-state index in [4.69, 9.17) is 0 Å². The summed E-state index contributed by atoms with van der Waals surface area (Å²) in [6.07, 6.45) is 0.944. The molecule has 148 valence electrons. The van der Waals surface area contributed by atoms with E-state index in [1.54, 1.807) is 11.3 Å². The third-order valence-electron chi connectivity index (χ3n) is 5.76. The van der Waals surface area contributed by atoms with Crippen LogP contribution in [-0.2, 0) is 17.8 Å². The van der Waals surface area contributed by atoms with Crippen LogP contribution in [0.25, 0.3) is 0 Å². The highest BCUT2D eigenvalue weighted by Crippen LogP contribution is 2.32. The number of aromatic nitrogens is 1. The fourth-order valence-corrected chi connectivity index (χ4v) is 4.78. The Hall–Kier alpha value is -3.04. The lowest BCUT2D eigenvalue weighted by atomic mass is 10.1. The number of benzene rings is 1. The summed E-state index contributed by atoms with van der Waals surface area (Å²) in [5, 5.41) is 14.8. The second kappa shape index (κ2) is 7.76. The van der Waals surface area contributed by atoms with Gasteiger partial charge in [0.1, 0.15) is 11.9 Å². The number of carbonyl (C=O) groups excluding carboxylic acids is 1. The van der Waals surface area contributed by atoms with Crippen LogP contribution in [0.3, 0.4) is 0 Å². The maximum atomic E-state index is 13.0. The minimum absolute atomic E-state index is 0.102. The molecule has 0 aliphatic carbocycles. The molecule has 0 radical (unpaired) electrons. The predicted octanol–water partition coefficient (Wildman–Crippen LogP) is 4.48. The molecule has 3 heterocycles. The summed E-state index contributed by atoms with van der Waals surface area (Å²) in [5.41, 5.74) is 4.86. The quantitative estimate of drug-likeness (QED) is 0.682. The van der Waals surface area contributed by atoms with Crippen LogP contribution in [0.1, 0.15) is 34.2 Å². The van der Waals surface area contributed by atoms with E-state index in [0.29, 0.717) is 17.9 Å². The zero-order valence-electron chi connectivity index (χ0n) is 16.9. The van der Waals surface area contributed by atoms with Crippen molar-refractivity contribution < 1.29 is 4.79 Å². The Morgan fingerprint density at radius 2 is 2.07 bits per heavy atom. The van der Waals surface area contributed by atoms with Crippen LogP contribution in [0.5, 0.6) is 0 Å². The third-order valence-corrected chi connectivity index (χ3v) is 6.62. The highest BCUT2D eigenvalue weighted by Gasteiger charge is 2.28. The van der Waals surface area contributed by atoms with E-state index in [-0.39, 0.29) is 18.5 Å². The first-order chi connectivity index (χ1) is 14.0. The van der Waals surface area contributed by atoms with Crippen molar-refractivity contribution in [3.05, 3.63) is 69.0 Å². The van der Waals surface area contributed by atoms with Gasteiger partial charge in [0.2, 0.25) is 5.91 Å². The van der Waals surface area contributed by atoms with Crippen molar-refractivity contribution in [3.63, 3.8) is 0 Å². The van der Waals surface area contributed by atoms with Gasteiger partial charge in [0, 0.05) is 22.3 Å². The van der Waals surface area contributed by atoms with Gasteiger partial charge in [0.05, 0.1) is 18.7 Å². The van der Waals surface area contributed by atoms with Gasteiger partial charge >= 0.3 is 0 Å². The zero-order chi connectivity index (χ0) is 20.5. The molecule has 0 unspecified atom stereocenters. The molecule has 1 atom stereocenters. The van der Waals surface area contributed by atoms with Crippen molar-refractivity contribution in [3.8, 4) is 6.07 Å². The van der Waals surface area contributed by atoms with Crippen LogP contribution < -0.4 is 10.2 Å². The number of para-hydroxylation sites is 1. The molecule has 29 heavy (non-hydrogen) atoms. The van der Waals surface area contributed by atoms with Gasteiger partial charge < -0.3 is 14.8 Å². The molecule has 1 N–H and O–H groups in total. The number of amides is 1. The first kappa shape index (κ1) is 19.3. The number of thiophene rings is 1. The van der Waals surface area contributed by atoms with Gasteiger partial charge in [-0.15, -0.1) is 11.3 Å². The van der Waals surface area contributed by atoms with Gasteiger partial charge in [0.15, 0.2) is 0 Å². The number of fused-ring (bicyclic) bond motifs is 1. The van der Waals surface area contributed by atoms with Gasteiger partial charge in [-0.1, -0.05) is 24.3 Å². The first-order valence-corrected chi connectivity index (χ1v) is 10.6. The van der Waals surface area contributed by atoms with Crippen molar-refractivity contribution in [2.75, 3.05) is 16.8 Å². The van der Waals surface area contributed by atoms with Crippen LogP contribution in [-0.4, -0.2) is 23.1 Å². The lowest BCUT2D eigenvalue weighted by Crippen LogP contribution is -2.37. The van der Waals surface area contributed by atoms with E-state index < -0.39 is 0 Å². The Kier molecular flexibility index (Phi) is 5.16. The molecule has 1 aliphatic heterocycles. The summed E-state index contributed by atoms with van der Waals surface area (Å²) >= 11 is 1.67. The van der Waals surface area contributed by atoms with E-state index in [1.807, 2.05) is 42.0 Å². The minimum Gasteiger partial charge on any atom is -0.359 e. The van der Waals surface area contributed by atoms with Crippen molar-refractivity contribution in [2.45, 2.75) is 39.8 Å².